The Labute approximate surface area is 223 Å². The summed E-state index contributed by atoms with van der Waals surface area (Å²) in [5.41, 5.74) is 2.77. The quantitative estimate of drug-likeness (QED) is 0.349. The first-order valence-corrected chi connectivity index (χ1v) is 14.4. The summed E-state index contributed by atoms with van der Waals surface area (Å²) in [6, 6.07) is 13.2. The number of hydrogen-bond donors (Lipinski definition) is 0. The van der Waals surface area contributed by atoms with E-state index in [1.165, 1.54) is 22.7 Å². The number of sulfonamides is 1. The van der Waals surface area contributed by atoms with E-state index >= 15 is 4.39 Å². The lowest BCUT2D eigenvalue weighted by Crippen LogP contribution is -2.48. The highest BCUT2D eigenvalue weighted by Crippen LogP contribution is 2.41. The van der Waals surface area contributed by atoms with Crippen molar-refractivity contribution in [2.75, 3.05) is 37.3 Å². The number of anilines is 1. The third-order valence-corrected chi connectivity index (χ3v) is 8.69. The van der Waals surface area contributed by atoms with Gasteiger partial charge >= 0.3 is 6.61 Å². The van der Waals surface area contributed by atoms with Gasteiger partial charge in [-0.1, -0.05) is 18.2 Å². The molecule has 0 spiro atoms. The van der Waals surface area contributed by atoms with E-state index in [0.29, 0.717) is 72.6 Å². The van der Waals surface area contributed by atoms with Gasteiger partial charge in [0.1, 0.15) is 23.2 Å². The second kappa shape index (κ2) is 9.83. The number of alkyl halides is 2. The number of piperazine rings is 1. The minimum Gasteiger partial charge on any atom is -0.434 e. The van der Waals surface area contributed by atoms with Gasteiger partial charge in [0, 0.05) is 61.6 Å². The first-order valence-electron chi connectivity index (χ1n) is 12.6. The first-order chi connectivity index (χ1) is 18.7. The second-order valence-electron chi connectivity index (χ2n) is 9.74. The number of hydrogen-bond acceptors (Lipinski definition) is 6. The van der Waals surface area contributed by atoms with Gasteiger partial charge < -0.3 is 14.2 Å². The van der Waals surface area contributed by atoms with Crippen molar-refractivity contribution < 1.29 is 26.3 Å². The molecule has 2 aromatic carbocycles. The molecule has 4 heterocycles. The molecular weight excluding hydrogens is 531 g/mol. The second-order valence-corrected chi connectivity index (χ2v) is 11.7. The Morgan fingerprint density at radius 3 is 2.51 bits per heavy atom. The van der Waals surface area contributed by atoms with Crippen LogP contribution in [0.1, 0.15) is 23.9 Å². The fraction of sp³-hybridized carbons (Fsp3) is 0.333. The summed E-state index contributed by atoms with van der Waals surface area (Å²) < 4.78 is 73.1. The van der Waals surface area contributed by atoms with E-state index in [2.05, 4.69) is 9.97 Å². The van der Waals surface area contributed by atoms with E-state index < -0.39 is 22.5 Å². The molecule has 0 saturated carbocycles. The van der Waals surface area contributed by atoms with Crippen molar-refractivity contribution in [3.8, 4) is 16.9 Å². The number of aryl methyl sites for hydroxylation is 1. The van der Waals surface area contributed by atoms with Crippen LogP contribution < -0.4 is 9.64 Å². The lowest BCUT2D eigenvalue weighted by Gasteiger charge is -2.34. The molecule has 204 valence electrons. The lowest BCUT2D eigenvalue weighted by atomic mass is 10.0. The van der Waals surface area contributed by atoms with Crippen molar-refractivity contribution in [3.05, 3.63) is 71.9 Å². The zero-order valence-electron chi connectivity index (χ0n) is 21.1. The van der Waals surface area contributed by atoms with Crippen LogP contribution in [0.15, 0.2) is 54.7 Å². The van der Waals surface area contributed by atoms with Gasteiger partial charge in [-0.05, 0) is 30.7 Å². The molecule has 2 aliphatic rings. The summed E-state index contributed by atoms with van der Waals surface area (Å²) in [7, 11) is -3.23. The van der Waals surface area contributed by atoms with Crippen LogP contribution in [-0.4, -0.2) is 66.3 Å². The van der Waals surface area contributed by atoms with E-state index in [1.807, 2.05) is 9.47 Å². The molecule has 1 fully saturated rings. The molecule has 2 aromatic heterocycles. The van der Waals surface area contributed by atoms with Crippen molar-refractivity contribution in [3.63, 3.8) is 0 Å². The average Bonchev–Trinajstić information content (AvgIpc) is 3.47. The third-order valence-electron chi connectivity index (χ3n) is 7.39. The Hall–Kier alpha value is -3.64. The zero-order valence-corrected chi connectivity index (χ0v) is 21.9. The van der Waals surface area contributed by atoms with E-state index in [9.17, 15) is 17.2 Å². The summed E-state index contributed by atoms with van der Waals surface area (Å²) in [6.07, 6.45) is 4.10. The standard InChI is InChI=1S/C27H26F3N5O3S/c1-39(36,37)34-12-10-33(11-13-34)25-8-6-17(16-31-25)19-14-23-21(15-20(19)28)32-26-9-7-22(35(23)26)18-4-2-3-5-24(18)38-27(29)30/h2-6,8,14-16,22,27H,7,9-13H2,1H3/t22-/m1/s1. The molecule has 1 saturated heterocycles. The van der Waals surface area contributed by atoms with Crippen LogP contribution in [0.25, 0.3) is 22.2 Å². The fourth-order valence-electron chi connectivity index (χ4n) is 5.54. The van der Waals surface area contributed by atoms with Crippen molar-refractivity contribution >= 4 is 26.9 Å². The predicted octanol–water partition coefficient (Wildman–Crippen LogP) is 4.46. The molecule has 1 atom stereocenters. The number of ether oxygens (including phenoxy) is 1. The minimum atomic E-state index is -3.23. The molecule has 8 nitrogen and oxygen atoms in total. The van der Waals surface area contributed by atoms with Crippen molar-refractivity contribution in [2.24, 2.45) is 0 Å². The number of imidazole rings is 1. The predicted molar refractivity (Wildman–Crippen MR) is 141 cm³/mol. The highest BCUT2D eigenvalue weighted by molar-refractivity contribution is 7.88. The highest BCUT2D eigenvalue weighted by atomic mass is 32.2. The minimum absolute atomic E-state index is 0.117. The molecule has 12 heteroatoms. The van der Waals surface area contributed by atoms with Gasteiger partial charge in [-0.2, -0.15) is 13.1 Å². The SMILES string of the molecule is CS(=O)(=O)N1CCN(c2ccc(-c3cc4c(cc3F)nc3n4[C@@H](c4ccccc4OC(F)F)CC3)cn2)CC1. The van der Waals surface area contributed by atoms with Gasteiger partial charge in [0.2, 0.25) is 10.0 Å². The van der Waals surface area contributed by atoms with Gasteiger partial charge in [-0.15, -0.1) is 0 Å². The Morgan fingerprint density at radius 2 is 1.82 bits per heavy atom. The smallest absolute Gasteiger partial charge is 0.387 e. The van der Waals surface area contributed by atoms with Crippen LogP contribution in [0.3, 0.4) is 0 Å². The molecule has 0 radical (unpaired) electrons. The molecular formula is C27H26F3N5O3S. The summed E-state index contributed by atoms with van der Waals surface area (Å²) in [4.78, 5) is 11.1. The van der Waals surface area contributed by atoms with Crippen molar-refractivity contribution in [2.45, 2.75) is 25.5 Å². The Balaban J connectivity index is 1.31. The van der Waals surface area contributed by atoms with Crippen molar-refractivity contribution in [1.29, 1.82) is 0 Å². The van der Waals surface area contributed by atoms with Crippen LogP contribution >= 0.6 is 0 Å². The number of benzene rings is 2. The average molecular weight is 558 g/mol. The maximum absolute atomic E-state index is 15.3. The highest BCUT2D eigenvalue weighted by Gasteiger charge is 2.30. The molecule has 0 N–H and O–H groups in total. The Morgan fingerprint density at radius 1 is 1.05 bits per heavy atom. The molecule has 6 rings (SSSR count). The van der Waals surface area contributed by atoms with Crippen LogP contribution in [0.4, 0.5) is 19.0 Å². The normalized spacial score (nSPS) is 18.2. The number of aromatic nitrogens is 3. The van der Waals surface area contributed by atoms with E-state index in [-0.39, 0.29) is 11.8 Å². The van der Waals surface area contributed by atoms with Gasteiger partial charge in [0.05, 0.1) is 23.3 Å². The third kappa shape index (κ3) is 4.82. The summed E-state index contributed by atoms with van der Waals surface area (Å²) in [5, 5.41) is 0. The lowest BCUT2D eigenvalue weighted by molar-refractivity contribution is -0.0506. The van der Waals surface area contributed by atoms with Crippen LogP contribution in [0.2, 0.25) is 0 Å². The van der Waals surface area contributed by atoms with E-state index in [4.69, 9.17) is 4.74 Å². The Bertz CT molecular complexity index is 1630. The summed E-state index contributed by atoms with van der Waals surface area (Å²) >= 11 is 0. The largest absolute Gasteiger partial charge is 0.434 e. The molecule has 2 aliphatic heterocycles. The maximum Gasteiger partial charge on any atom is 0.387 e. The van der Waals surface area contributed by atoms with E-state index in [0.717, 1.165) is 5.82 Å². The monoisotopic (exact) mass is 557 g/mol. The molecule has 0 amide bonds. The van der Waals surface area contributed by atoms with Gasteiger partial charge in [0.15, 0.2) is 0 Å². The number of rotatable bonds is 6. The van der Waals surface area contributed by atoms with Crippen LogP contribution in [-0.2, 0) is 16.4 Å². The summed E-state index contributed by atoms with van der Waals surface area (Å²) in [6.45, 7) is -1.15. The number of nitrogens with zero attached hydrogens (tertiary/aromatic N) is 5. The number of para-hydroxylation sites is 1. The van der Waals surface area contributed by atoms with E-state index in [1.54, 1.807) is 42.6 Å². The molecule has 0 aliphatic carbocycles. The number of pyridine rings is 1. The number of halogens is 3. The van der Waals surface area contributed by atoms with Gasteiger partial charge in [-0.25, -0.2) is 22.8 Å². The molecule has 39 heavy (non-hydrogen) atoms. The van der Waals surface area contributed by atoms with Crippen molar-refractivity contribution in [1.82, 2.24) is 18.8 Å². The molecule has 4 aromatic rings. The number of fused-ring (bicyclic) bond motifs is 3. The fourth-order valence-corrected chi connectivity index (χ4v) is 6.37. The van der Waals surface area contributed by atoms with Gasteiger partial charge in [0.25, 0.3) is 0 Å². The first kappa shape index (κ1) is 25.6. The Kier molecular flexibility index (Phi) is 6.46. The van der Waals surface area contributed by atoms with Crippen LogP contribution in [0.5, 0.6) is 5.75 Å². The topological polar surface area (TPSA) is 80.6 Å². The van der Waals surface area contributed by atoms with Gasteiger partial charge in [-0.3, -0.25) is 0 Å². The zero-order chi connectivity index (χ0) is 27.3. The molecule has 0 unspecified atom stereocenters. The molecule has 0 bridgehead atoms. The summed E-state index contributed by atoms with van der Waals surface area (Å²) in [5.74, 6) is 1.13. The maximum atomic E-state index is 15.3. The van der Waals surface area contributed by atoms with Crippen LogP contribution in [0, 0.1) is 5.82 Å².